The summed E-state index contributed by atoms with van der Waals surface area (Å²) in [6.07, 6.45) is 9.19. The number of hydrogen-bond acceptors (Lipinski definition) is 6. The van der Waals surface area contributed by atoms with E-state index in [1.165, 1.54) is 36.9 Å². The predicted octanol–water partition coefficient (Wildman–Crippen LogP) is 5.36. The van der Waals surface area contributed by atoms with Crippen LogP contribution < -0.4 is 14.8 Å². The van der Waals surface area contributed by atoms with E-state index in [1.54, 1.807) is 14.0 Å². The van der Waals surface area contributed by atoms with Gasteiger partial charge in [0, 0.05) is 48.6 Å². The largest absolute Gasteiger partial charge is 0.493 e. The van der Waals surface area contributed by atoms with E-state index in [-0.39, 0.29) is 28.7 Å². The number of benzene rings is 2. The SMILES string of the molecule is COc1ccc2c3c1OC[C@H]1[C@@]4(OC)CC[C@@]5(C[C@@H]4C(NC(C)C(=O)O)c4ccccc4)C(C2)N(CC2CC2)CCC[C@]315. The highest BCUT2D eigenvalue weighted by molar-refractivity contribution is 5.73. The van der Waals surface area contributed by atoms with E-state index < -0.39 is 17.6 Å². The van der Waals surface area contributed by atoms with Crippen LogP contribution in [0, 0.1) is 23.2 Å². The van der Waals surface area contributed by atoms with Crippen molar-refractivity contribution in [3.05, 3.63) is 59.2 Å². The van der Waals surface area contributed by atoms with Gasteiger partial charge in [0.2, 0.25) is 0 Å². The van der Waals surface area contributed by atoms with Crippen LogP contribution in [-0.4, -0.2) is 67.6 Å². The van der Waals surface area contributed by atoms with Crippen LogP contribution in [0.15, 0.2) is 42.5 Å². The molecule has 0 aromatic heterocycles. The Hall–Kier alpha value is -2.61. The predicted molar refractivity (Wildman–Crippen MR) is 164 cm³/mol. The third-order valence-electron chi connectivity index (χ3n) is 13.0. The number of nitrogens with zero attached hydrogens (tertiary/aromatic N) is 1. The van der Waals surface area contributed by atoms with Crippen LogP contribution in [0.25, 0.3) is 0 Å². The lowest BCUT2D eigenvalue weighted by molar-refractivity contribution is -0.273. The highest BCUT2D eigenvalue weighted by atomic mass is 16.5. The van der Waals surface area contributed by atoms with Crippen molar-refractivity contribution in [1.82, 2.24) is 10.2 Å². The number of fused-ring (bicyclic) bond motifs is 2. The van der Waals surface area contributed by atoms with Gasteiger partial charge in [0.05, 0.1) is 19.3 Å². The Morgan fingerprint density at radius 1 is 1.14 bits per heavy atom. The van der Waals surface area contributed by atoms with E-state index in [9.17, 15) is 9.90 Å². The number of carbonyl (C=O) groups is 1. The van der Waals surface area contributed by atoms with Crippen LogP contribution in [0.1, 0.15) is 74.6 Å². The molecule has 4 bridgehead atoms. The highest BCUT2D eigenvalue weighted by Crippen LogP contribution is 2.77. The lowest BCUT2D eigenvalue weighted by Crippen LogP contribution is -2.78. The van der Waals surface area contributed by atoms with Crippen molar-refractivity contribution in [3.8, 4) is 11.5 Å². The molecule has 2 N–H and O–H groups in total. The third kappa shape index (κ3) is 3.74. The Bertz CT molecular complexity index is 1410. The van der Waals surface area contributed by atoms with Crippen LogP contribution >= 0.6 is 0 Å². The second kappa shape index (κ2) is 9.95. The second-order valence-electron chi connectivity index (χ2n) is 14.5. The second-order valence-corrected chi connectivity index (χ2v) is 14.5. The molecular formula is C36H46N2O5. The zero-order chi connectivity index (χ0) is 29.6. The number of rotatable bonds is 9. The molecule has 2 spiro atoms. The Morgan fingerprint density at radius 3 is 2.67 bits per heavy atom. The molecule has 1 saturated heterocycles. The zero-order valence-electron chi connectivity index (χ0n) is 25.8. The molecule has 5 aliphatic carbocycles. The minimum Gasteiger partial charge on any atom is -0.493 e. The molecule has 2 aliphatic heterocycles. The first kappa shape index (κ1) is 27.9. The van der Waals surface area contributed by atoms with Gasteiger partial charge in [-0.2, -0.15) is 0 Å². The number of carboxylic acid groups (broad SMARTS) is 1. The van der Waals surface area contributed by atoms with Crippen molar-refractivity contribution >= 4 is 5.97 Å². The number of aliphatic carboxylic acids is 1. The molecule has 7 heteroatoms. The Kier molecular flexibility index (Phi) is 6.46. The molecular weight excluding hydrogens is 540 g/mol. The molecule has 0 radical (unpaired) electrons. The topological polar surface area (TPSA) is 80.3 Å². The minimum absolute atomic E-state index is 0.0487. The fourth-order valence-corrected chi connectivity index (χ4v) is 11.2. The van der Waals surface area contributed by atoms with Crippen molar-refractivity contribution in [3.63, 3.8) is 0 Å². The molecule has 43 heavy (non-hydrogen) atoms. The fourth-order valence-electron chi connectivity index (χ4n) is 11.2. The summed E-state index contributed by atoms with van der Waals surface area (Å²) < 4.78 is 19.6. The van der Waals surface area contributed by atoms with E-state index in [4.69, 9.17) is 14.2 Å². The van der Waals surface area contributed by atoms with Gasteiger partial charge < -0.3 is 19.3 Å². The quantitative estimate of drug-likeness (QED) is 0.410. The number of nitrogens with one attached hydrogen (secondary N) is 1. The van der Waals surface area contributed by atoms with Crippen LogP contribution in [0.5, 0.6) is 11.5 Å². The van der Waals surface area contributed by atoms with Gasteiger partial charge in [0.1, 0.15) is 6.04 Å². The van der Waals surface area contributed by atoms with Crippen LogP contribution in [0.3, 0.4) is 0 Å². The Morgan fingerprint density at radius 2 is 1.95 bits per heavy atom. The summed E-state index contributed by atoms with van der Waals surface area (Å²) in [6.45, 7) is 4.73. The summed E-state index contributed by atoms with van der Waals surface area (Å²) in [5.74, 6) is 2.11. The van der Waals surface area contributed by atoms with Crippen molar-refractivity contribution in [1.29, 1.82) is 0 Å². The van der Waals surface area contributed by atoms with E-state index >= 15 is 0 Å². The summed E-state index contributed by atoms with van der Waals surface area (Å²) in [5, 5.41) is 13.7. The first-order valence-electron chi connectivity index (χ1n) is 16.5. The van der Waals surface area contributed by atoms with Crippen molar-refractivity contribution in [2.45, 2.75) is 87.4 Å². The molecule has 5 fully saturated rings. The summed E-state index contributed by atoms with van der Waals surface area (Å²) in [4.78, 5) is 15.1. The molecule has 2 aromatic carbocycles. The van der Waals surface area contributed by atoms with Gasteiger partial charge in [-0.25, -0.2) is 0 Å². The number of hydrogen-bond donors (Lipinski definition) is 2. The smallest absolute Gasteiger partial charge is 0.320 e. The Balaban J connectivity index is 1.35. The van der Waals surface area contributed by atoms with Gasteiger partial charge >= 0.3 is 5.97 Å². The average Bonchev–Trinajstić information content (AvgIpc) is 3.86. The van der Waals surface area contributed by atoms with Gasteiger partial charge in [0.25, 0.3) is 0 Å². The van der Waals surface area contributed by atoms with Crippen molar-refractivity contribution in [2.75, 3.05) is 33.9 Å². The molecule has 2 aromatic rings. The summed E-state index contributed by atoms with van der Waals surface area (Å²) in [5.41, 5.74) is 3.53. The molecule has 7 aliphatic rings. The number of methoxy groups -OCH3 is 2. The molecule has 230 valence electrons. The number of likely N-dealkylation sites (tertiary alicyclic amines) is 1. The number of carboxylic acids is 1. The molecule has 0 amide bonds. The minimum atomic E-state index is -0.823. The normalized spacial score (nSPS) is 37.0. The lowest BCUT2D eigenvalue weighted by atomic mass is 9.32. The zero-order valence-corrected chi connectivity index (χ0v) is 25.8. The van der Waals surface area contributed by atoms with Crippen molar-refractivity contribution in [2.24, 2.45) is 23.2 Å². The van der Waals surface area contributed by atoms with Crippen LogP contribution in [0.4, 0.5) is 0 Å². The monoisotopic (exact) mass is 586 g/mol. The highest BCUT2D eigenvalue weighted by Gasteiger charge is 2.78. The molecule has 9 rings (SSSR count). The van der Waals surface area contributed by atoms with Crippen LogP contribution in [-0.2, 0) is 21.4 Å². The summed E-state index contributed by atoms with van der Waals surface area (Å²) >= 11 is 0. The van der Waals surface area contributed by atoms with E-state index in [2.05, 4.69) is 46.6 Å². The molecule has 8 atom stereocenters. The van der Waals surface area contributed by atoms with E-state index in [1.807, 2.05) is 13.2 Å². The maximum Gasteiger partial charge on any atom is 0.320 e. The average molecular weight is 587 g/mol. The first-order valence-corrected chi connectivity index (χ1v) is 16.5. The van der Waals surface area contributed by atoms with Gasteiger partial charge in [-0.05, 0) is 93.4 Å². The molecule has 2 heterocycles. The molecule has 7 nitrogen and oxygen atoms in total. The Labute approximate surface area is 255 Å². The molecule has 4 saturated carbocycles. The van der Waals surface area contributed by atoms with E-state index in [0.717, 1.165) is 61.6 Å². The third-order valence-corrected chi connectivity index (χ3v) is 13.0. The summed E-state index contributed by atoms with van der Waals surface area (Å²) in [7, 11) is 3.67. The summed E-state index contributed by atoms with van der Waals surface area (Å²) in [6, 6.07) is 14.6. The molecule has 3 unspecified atom stereocenters. The number of ether oxygens (including phenoxy) is 3. The lowest BCUT2D eigenvalue weighted by Gasteiger charge is -2.75. The van der Waals surface area contributed by atoms with Gasteiger partial charge in [-0.3, -0.25) is 15.0 Å². The van der Waals surface area contributed by atoms with Gasteiger partial charge in [0.15, 0.2) is 11.5 Å². The maximum absolute atomic E-state index is 12.2. The standard InChI is InChI=1S/C36H46N2O5/c1-22(33(39)40)37-31(24-8-5-4-6-9-24)26-19-34-15-16-36(26,42-3)28-21-43-32-27(41-2)13-12-25-18-29(34)38(20-23-10-11-23)17-7-14-35(28,34)30(25)32/h4-6,8-9,12-13,22-23,26,28-29,31,37H,7,10-11,14-21H2,1-3H3,(H,39,40)/t22?,26-,28-,29?,31?,34-,35-,36-/m1/s1. The maximum atomic E-state index is 12.2. The van der Waals surface area contributed by atoms with Gasteiger partial charge in [-0.15, -0.1) is 0 Å². The van der Waals surface area contributed by atoms with Crippen LogP contribution in [0.2, 0.25) is 0 Å². The fraction of sp³-hybridized carbons (Fsp3) is 0.639. The van der Waals surface area contributed by atoms with E-state index in [0.29, 0.717) is 12.6 Å². The van der Waals surface area contributed by atoms with Crippen molar-refractivity contribution < 1.29 is 24.1 Å². The van der Waals surface area contributed by atoms with Gasteiger partial charge in [-0.1, -0.05) is 36.4 Å². The first-order chi connectivity index (χ1) is 20.9.